The number of rotatable bonds is 8. The summed E-state index contributed by atoms with van der Waals surface area (Å²) >= 11 is 5.06. The van der Waals surface area contributed by atoms with Gasteiger partial charge in [0.15, 0.2) is 0 Å². The van der Waals surface area contributed by atoms with Crippen molar-refractivity contribution in [2.45, 2.75) is 31.7 Å². The van der Waals surface area contributed by atoms with Crippen LogP contribution in [0.5, 0.6) is 0 Å². The number of carbonyl (C=O) groups excluding carboxylic acids is 3. The Morgan fingerprint density at radius 2 is 1.90 bits per heavy atom. The molecule has 30 heavy (non-hydrogen) atoms. The van der Waals surface area contributed by atoms with Crippen LogP contribution in [0.1, 0.15) is 57.3 Å². The summed E-state index contributed by atoms with van der Waals surface area (Å²) in [5, 5.41) is 5.12. The van der Waals surface area contributed by atoms with Crippen molar-refractivity contribution in [3.8, 4) is 0 Å². The van der Waals surface area contributed by atoms with Crippen LogP contribution in [-0.2, 0) is 4.79 Å². The maximum atomic E-state index is 12.5. The fraction of sp³-hybridized carbons (Fsp3) is 0.409. The molecule has 1 fully saturated rings. The molecule has 2 aliphatic rings. The van der Waals surface area contributed by atoms with E-state index in [1.165, 1.54) is 22.6 Å². The molecule has 1 N–H and O–H groups in total. The Morgan fingerprint density at radius 1 is 1.13 bits per heavy atom. The molecule has 1 aromatic heterocycles. The molecule has 1 unspecified atom stereocenters. The highest BCUT2D eigenvalue weighted by Crippen LogP contribution is 2.28. The molecule has 8 heteroatoms. The van der Waals surface area contributed by atoms with E-state index in [2.05, 4.69) is 37.6 Å². The minimum absolute atomic E-state index is 0.0462. The van der Waals surface area contributed by atoms with Crippen molar-refractivity contribution in [1.29, 1.82) is 0 Å². The van der Waals surface area contributed by atoms with Gasteiger partial charge >= 0.3 is 0 Å². The molecule has 0 spiro atoms. The lowest BCUT2D eigenvalue weighted by atomic mass is 10.1. The van der Waals surface area contributed by atoms with E-state index in [-0.39, 0.29) is 36.7 Å². The first-order valence-corrected chi connectivity index (χ1v) is 11.9. The lowest BCUT2D eigenvalue weighted by Crippen LogP contribution is -2.37. The van der Waals surface area contributed by atoms with Gasteiger partial charge in [0, 0.05) is 28.9 Å². The van der Waals surface area contributed by atoms with Gasteiger partial charge in [0.2, 0.25) is 5.91 Å². The Balaban J connectivity index is 1.27. The Labute approximate surface area is 188 Å². The number of halogens is 1. The number of benzene rings is 1. The summed E-state index contributed by atoms with van der Waals surface area (Å²) in [5.41, 5.74) is 0.847. The molecule has 3 heterocycles. The van der Waals surface area contributed by atoms with Crippen LogP contribution in [0.3, 0.4) is 0 Å². The molecule has 1 aromatic carbocycles. The Hall–Kier alpha value is -2.03. The second-order valence-electron chi connectivity index (χ2n) is 7.63. The van der Waals surface area contributed by atoms with E-state index in [0.29, 0.717) is 24.1 Å². The van der Waals surface area contributed by atoms with Crippen molar-refractivity contribution in [2.24, 2.45) is 0 Å². The van der Waals surface area contributed by atoms with Gasteiger partial charge in [0.25, 0.3) is 11.8 Å². The van der Waals surface area contributed by atoms with E-state index >= 15 is 0 Å². The molecule has 2 aromatic rings. The minimum Gasteiger partial charge on any atom is -0.354 e. The minimum atomic E-state index is -0.288. The predicted molar refractivity (Wildman–Crippen MR) is 120 cm³/mol. The summed E-state index contributed by atoms with van der Waals surface area (Å²) in [6.45, 7) is 2.96. The number of nitrogens with one attached hydrogen (secondary N) is 1. The highest BCUT2D eigenvalue weighted by Gasteiger charge is 2.35. The second-order valence-corrected chi connectivity index (χ2v) is 9.53. The molecule has 4 rings (SSSR count). The van der Waals surface area contributed by atoms with Crippen LogP contribution in [-0.4, -0.2) is 53.7 Å². The zero-order chi connectivity index (χ0) is 21.1. The number of hydrogen-bond acceptors (Lipinski definition) is 5. The molecular weight excluding hydrogens is 466 g/mol. The molecule has 6 nitrogen and oxygen atoms in total. The van der Waals surface area contributed by atoms with Crippen molar-refractivity contribution in [3.05, 3.63) is 56.2 Å². The third-order valence-electron chi connectivity index (χ3n) is 5.66. The molecule has 0 bridgehead atoms. The largest absolute Gasteiger partial charge is 0.354 e. The van der Waals surface area contributed by atoms with Crippen molar-refractivity contribution in [3.63, 3.8) is 0 Å². The van der Waals surface area contributed by atoms with Gasteiger partial charge in [-0.25, -0.2) is 0 Å². The third-order valence-corrected chi connectivity index (χ3v) is 7.13. The number of thiophene rings is 1. The summed E-state index contributed by atoms with van der Waals surface area (Å²) in [4.78, 5) is 42.3. The van der Waals surface area contributed by atoms with Crippen LogP contribution in [0, 0.1) is 0 Å². The van der Waals surface area contributed by atoms with Gasteiger partial charge in [-0.05, 0) is 62.0 Å². The monoisotopic (exact) mass is 489 g/mol. The Kier molecular flexibility index (Phi) is 6.65. The summed E-state index contributed by atoms with van der Waals surface area (Å²) in [6, 6.07) is 9.48. The SMILES string of the molecule is O=C(CCCN1C(=O)c2ccc(Br)cc2C1=O)NCC(c1cccs1)N1CCCC1. The summed E-state index contributed by atoms with van der Waals surface area (Å²) in [6.07, 6.45) is 3.14. The number of amides is 3. The van der Waals surface area contributed by atoms with Crippen LogP contribution in [0.25, 0.3) is 0 Å². The first kappa shape index (κ1) is 21.2. The van der Waals surface area contributed by atoms with Gasteiger partial charge in [0.05, 0.1) is 17.2 Å². The topological polar surface area (TPSA) is 69.7 Å². The second kappa shape index (κ2) is 9.41. The fourth-order valence-electron chi connectivity index (χ4n) is 4.11. The van der Waals surface area contributed by atoms with E-state index in [1.54, 1.807) is 29.5 Å². The average molecular weight is 490 g/mol. The number of carbonyl (C=O) groups is 3. The van der Waals surface area contributed by atoms with E-state index in [9.17, 15) is 14.4 Å². The summed E-state index contributed by atoms with van der Waals surface area (Å²) in [7, 11) is 0. The Bertz CT molecular complexity index is 941. The molecule has 1 saturated heterocycles. The third kappa shape index (κ3) is 4.50. The molecule has 158 valence electrons. The standard InChI is InChI=1S/C22H24BrN3O3S/c23-15-7-8-16-17(13-15)22(29)26(21(16)28)11-3-6-20(27)24-14-18(19-5-4-12-30-19)25-9-1-2-10-25/h4-5,7-8,12-13,18H,1-3,6,9-11,14H2,(H,24,27). The first-order chi connectivity index (χ1) is 14.5. The van der Waals surface area contributed by atoms with Gasteiger partial charge in [-0.1, -0.05) is 22.0 Å². The molecule has 3 amide bonds. The molecule has 0 aliphatic carbocycles. The van der Waals surface area contributed by atoms with E-state index in [0.717, 1.165) is 17.6 Å². The highest BCUT2D eigenvalue weighted by atomic mass is 79.9. The van der Waals surface area contributed by atoms with Gasteiger partial charge in [-0.15, -0.1) is 11.3 Å². The van der Waals surface area contributed by atoms with E-state index in [1.807, 2.05) is 6.07 Å². The quantitative estimate of drug-likeness (QED) is 0.571. The highest BCUT2D eigenvalue weighted by molar-refractivity contribution is 9.10. The number of likely N-dealkylation sites (tertiary alicyclic amines) is 1. The first-order valence-electron chi connectivity index (χ1n) is 10.2. The van der Waals surface area contributed by atoms with Gasteiger partial charge in [-0.2, -0.15) is 0 Å². The van der Waals surface area contributed by atoms with Crippen molar-refractivity contribution in [2.75, 3.05) is 26.2 Å². The maximum Gasteiger partial charge on any atom is 0.261 e. The lowest BCUT2D eigenvalue weighted by Gasteiger charge is -2.27. The lowest BCUT2D eigenvalue weighted by molar-refractivity contribution is -0.121. The van der Waals surface area contributed by atoms with Gasteiger partial charge in [0.1, 0.15) is 0 Å². The van der Waals surface area contributed by atoms with Crippen LogP contribution >= 0.6 is 27.3 Å². The van der Waals surface area contributed by atoms with Gasteiger partial charge in [-0.3, -0.25) is 24.2 Å². The normalized spacial score (nSPS) is 17.4. The number of nitrogens with zero attached hydrogens (tertiary/aromatic N) is 2. The van der Waals surface area contributed by atoms with Crippen molar-refractivity contribution >= 4 is 45.0 Å². The summed E-state index contributed by atoms with van der Waals surface area (Å²) < 4.78 is 0.766. The van der Waals surface area contributed by atoms with Crippen molar-refractivity contribution < 1.29 is 14.4 Å². The molecule has 0 radical (unpaired) electrons. The molecule has 2 aliphatic heterocycles. The molecule has 1 atom stereocenters. The predicted octanol–water partition coefficient (Wildman–Crippen LogP) is 3.84. The van der Waals surface area contributed by atoms with Crippen LogP contribution in [0.4, 0.5) is 0 Å². The number of fused-ring (bicyclic) bond motifs is 1. The van der Waals surface area contributed by atoms with E-state index in [4.69, 9.17) is 0 Å². The fourth-order valence-corrected chi connectivity index (χ4v) is 5.33. The van der Waals surface area contributed by atoms with E-state index < -0.39 is 0 Å². The zero-order valence-corrected chi connectivity index (χ0v) is 19.0. The van der Waals surface area contributed by atoms with Crippen LogP contribution in [0.2, 0.25) is 0 Å². The summed E-state index contributed by atoms with van der Waals surface area (Å²) in [5.74, 6) is -0.617. The van der Waals surface area contributed by atoms with Crippen LogP contribution in [0.15, 0.2) is 40.2 Å². The molecular formula is C22H24BrN3O3S. The number of hydrogen-bond donors (Lipinski definition) is 1. The molecule has 0 saturated carbocycles. The zero-order valence-electron chi connectivity index (χ0n) is 16.6. The average Bonchev–Trinajstić information content (AvgIpc) is 3.48. The van der Waals surface area contributed by atoms with Crippen molar-refractivity contribution in [1.82, 2.24) is 15.1 Å². The van der Waals surface area contributed by atoms with Crippen LogP contribution < -0.4 is 5.32 Å². The smallest absolute Gasteiger partial charge is 0.261 e. The Morgan fingerprint density at radius 3 is 2.63 bits per heavy atom. The maximum absolute atomic E-state index is 12.5. The number of imide groups is 1. The van der Waals surface area contributed by atoms with Gasteiger partial charge < -0.3 is 5.32 Å².